The van der Waals surface area contributed by atoms with Crippen LogP contribution in [0.15, 0.2) is 55.0 Å². The predicted octanol–water partition coefficient (Wildman–Crippen LogP) is 4.89. The van der Waals surface area contributed by atoms with Gasteiger partial charge in [0.1, 0.15) is 17.1 Å². The maximum atomic E-state index is 12.8. The van der Waals surface area contributed by atoms with Crippen molar-refractivity contribution in [3.8, 4) is 11.5 Å². The Bertz CT molecular complexity index is 979. The minimum Gasteiger partial charge on any atom is -0.455 e. The third-order valence-electron chi connectivity index (χ3n) is 3.60. The molecule has 0 aliphatic heterocycles. The number of amides is 1. The van der Waals surface area contributed by atoms with E-state index in [1.54, 1.807) is 42.6 Å². The van der Waals surface area contributed by atoms with Crippen molar-refractivity contribution >= 4 is 40.6 Å². The lowest BCUT2D eigenvalue weighted by molar-refractivity contribution is 0.102. The number of carbonyl (C=O) groups excluding carboxylic acids is 1. The Balaban J connectivity index is 1.90. The summed E-state index contributed by atoms with van der Waals surface area (Å²) in [6, 6.07) is 9.96. The number of anilines is 2. The minimum atomic E-state index is -0.382. The van der Waals surface area contributed by atoms with Gasteiger partial charge in [0.25, 0.3) is 5.91 Å². The summed E-state index contributed by atoms with van der Waals surface area (Å²) < 4.78 is 5.81. The molecule has 0 radical (unpaired) electrons. The fourth-order valence-electron chi connectivity index (χ4n) is 2.36. The molecule has 2 aromatic heterocycles. The van der Waals surface area contributed by atoms with Crippen LogP contribution in [-0.2, 0) is 0 Å². The van der Waals surface area contributed by atoms with E-state index in [2.05, 4.69) is 15.3 Å². The number of benzene rings is 1. The summed E-state index contributed by atoms with van der Waals surface area (Å²) in [6.07, 6.45) is 4.61. The third kappa shape index (κ3) is 4.48. The summed E-state index contributed by atoms with van der Waals surface area (Å²) in [7, 11) is 3.69. The van der Waals surface area contributed by atoms with E-state index in [9.17, 15) is 4.79 Å². The number of nitrogens with zero attached hydrogens (tertiary/aromatic N) is 3. The molecule has 0 bridgehead atoms. The molecule has 2 heterocycles. The van der Waals surface area contributed by atoms with Gasteiger partial charge in [-0.15, -0.1) is 0 Å². The molecule has 3 rings (SSSR count). The highest BCUT2D eigenvalue weighted by atomic mass is 35.5. The SMILES string of the molecule is CN(C)c1ncccc1NC(=O)c1cnccc1Oc1cc(Cl)ccc1Cl. The molecule has 1 aromatic carbocycles. The van der Waals surface area contributed by atoms with Crippen molar-refractivity contribution in [3.05, 3.63) is 70.6 Å². The van der Waals surface area contributed by atoms with E-state index in [4.69, 9.17) is 27.9 Å². The van der Waals surface area contributed by atoms with Gasteiger partial charge >= 0.3 is 0 Å². The lowest BCUT2D eigenvalue weighted by atomic mass is 10.2. The highest BCUT2D eigenvalue weighted by Crippen LogP contribution is 2.33. The van der Waals surface area contributed by atoms with E-state index in [0.29, 0.717) is 33.0 Å². The zero-order valence-corrected chi connectivity index (χ0v) is 16.1. The average molecular weight is 403 g/mol. The molecule has 0 unspecified atom stereocenters. The van der Waals surface area contributed by atoms with Gasteiger partial charge < -0.3 is 15.0 Å². The molecule has 0 saturated carbocycles. The van der Waals surface area contributed by atoms with Gasteiger partial charge in [-0.25, -0.2) is 4.98 Å². The van der Waals surface area contributed by atoms with Crippen LogP contribution in [0.3, 0.4) is 0 Å². The standard InChI is InChI=1S/C19H16Cl2N4O2/c1-25(2)18-15(4-3-8-23-18)24-19(26)13-11-22-9-7-16(13)27-17-10-12(20)5-6-14(17)21/h3-11H,1-2H3,(H,24,26). The van der Waals surface area contributed by atoms with E-state index >= 15 is 0 Å². The fraction of sp³-hybridized carbons (Fsp3) is 0.105. The van der Waals surface area contributed by atoms with Gasteiger partial charge in [0.15, 0.2) is 5.82 Å². The van der Waals surface area contributed by atoms with E-state index in [0.717, 1.165) is 0 Å². The van der Waals surface area contributed by atoms with Crippen molar-refractivity contribution in [2.24, 2.45) is 0 Å². The first-order valence-corrected chi connectivity index (χ1v) is 8.72. The smallest absolute Gasteiger partial charge is 0.261 e. The Morgan fingerprint density at radius 1 is 1.11 bits per heavy atom. The Labute approximate surface area is 166 Å². The van der Waals surface area contributed by atoms with Crippen LogP contribution in [0.5, 0.6) is 11.5 Å². The molecule has 8 heteroatoms. The first-order valence-electron chi connectivity index (χ1n) is 7.96. The van der Waals surface area contributed by atoms with Gasteiger partial charge in [-0.2, -0.15) is 0 Å². The molecule has 138 valence electrons. The number of hydrogen-bond donors (Lipinski definition) is 1. The van der Waals surface area contributed by atoms with Gasteiger partial charge in [0.05, 0.1) is 10.7 Å². The number of aromatic nitrogens is 2. The van der Waals surface area contributed by atoms with Crippen molar-refractivity contribution in [3.63, 3.8) is 0 Å². The van der Waals surface area contributed by atoms with Crippen LogP contribution in [0.25, 0.3) is 0 Å². The number of carbonyl (C=O) groups is 1. The van der Waals surface area contributed by atoms with E-state index in [1.807, 2.05) is 19.0 Å². The summed E-state index contributed by atoms with van der Waals surface area (Å²) in [5.41, 5.74) is 0.824. The molecular weight excluding hydrogens is 387 g/mol. The molecule has 27 heavy (non-hydrogen) atoms. The average Bonchev–Trinajstić information content (AvgIpc) is 2.65. The molecule has 0 saturated heterocycles. The second-order valence-corrected chi connectivity index (χ2v) is 6.62. The van der Waals surface area contributed by atoms with Crippen LogP contribution < -0.4 is 15.0 Å². The van der Waals surface area contributed by atoms with Gasteiger partial charge in [-0.05, 0) is 30.3 Å². The third-order valence-corrected chi connectivity index (χ3v) is 4.14. The van der Waals surface area contributed by atoms with Crippen molar-refractivity contribution in [1.29, 1.82) is 0 Å². The molecule has 3 aromatic rings. The Morgan fingerprint density at radius 2 is 1.93 bits per heavy atom. The van der Waals surface area contributed by atoms with E-state index in [1.165, 1.54) is 12.4 Å². The van der Waals surface area contributed by atoms with Crippen molar-refractivity contribution in [1.82, 2.24) is 9.97 Å². The molecule has 0 aliphatic rings. The quantitative estimate of drug-likeness (QED) is 0.657. The van der Waals surface area contributed by atoms with Crippen LogP contribution in [0.1, 0.15) is 10.4 Å². The maximum absolute atomic E-state index is 12.8. The van der Waals surface area contributed by atoms with E-state index in [-0.39, 0.29) is 11.5 Å². The van der Waals surface area contributed by atoms with Crippen molar-refractivity contribution in [2.45, 2.75) is 0 Å². The van der Waals surface area contributed by atoms with Crippen molar-refractivity contribution in [2.75, 3.05) is 24.3 Å². The summed E-state index contributed by atoms with van der Waals surface area (Å²) in [5, 5.41) is 3.69. The topological polar surface area (TPSA) is 67.4 Å². The van der Waals surface area contributed by atoms with Crippen LogP contribution in [0.2, 0.25) is 10.0 Å². The highest BCUT2D eigenvalue weighted by Gasteiger charge is 2.17. The zero-order chi connectivity index (χ0) is 19.4. The normalized spacial score (nSPS) is 10.4. The second kappa shape index (κ2) is 8.24. The summed E-state index contributed by atoms with van der Waals surface area (Å²) in [4.78, 5) is 22.9. The first kappa shape index (κ1) is 18.9. The van der Waals surface area contributed by atoms with Crippen LogP contribution in [-0.4, -0.2) is 30.0 Å². The summed E-state index contributed by atoms with van der Waals surface area (Å²) >= 11 is 12.1. The van der Waals surface area contributed by atoms with E-state index < -0.39 is 0 Å². The van der Waals surface area contributed by atoms with Gasteiger partial charge in [0, 0.05) is 43.8 Å². The molecule has 6 nitrogen and oxygen atoms in total. The number of halogens is 2. The van der Waals surface area contributed by atoms with Crippen LogP contribution in [0, 0.1) is 0 Å². The molecule has 1 amide bonds. The molecule has 1 N–H and O–H groups in total. The predicted molar refractivity (Wildman–Crippen MR) is 107 cm³/mol. The summed E-state index contributed by atoms with van der Waals surface area (Å²) in [6.45, 7) is 0. The molecule has 0 spiro atoms. The zero-order valence-electron chi connectivity index (χ0n) is 14.6. The highest BCUT2D eigenvalue weighted by molar-refractivity contribution is 6.34. The lowest BCUT2D eigenvalue weighted by Gasteiger charge is -2.17. The number of nitrogens with one attached hydrogen (secondary N) is 1. The Hall–Kier alpha value is -2.83. The van der Waals surface area contributed by atoms with Gasteiger partial charge in [0.2, 0.25) is 0 Å². The Kier molecular flexibility index (Phi) is 5.78. The number of hydrogen-bond acceptors (Lipinski definition) is 5. The summed E-state index contributed by atoms with van der Waals surface area (Å²) in [5.74, 6) is 0.907. The molecular formula is C19H16Cl2N4O2. The lowest BCUT2D eigenvalue weighted by Crippen LogP contribution is -2.18. The fourth-order valence-corrected chi connectivity index (χ4v) is 2.67. The largest absolute Gasteiger partial charge is 0.455 e. The Morgan fingerprint density at radius 3 is 2.70 bits per heavy atom. The molecule has 0 atom stereocenters. The van der Waals surface area contributed by atoms with Gasteiger partial charge in [-0.1, -0.05) is 23.2 Å². The number of pyridine rings is 2. The minimum absolute atomic E-state index is 0.252. The van der Waals surface area contributed by atoms with Crippen LogP contribution >= 0.6 is 23.2 Å². The first-order chi connectivity index (χ1) is 13.0. The van der Waals surface area contributed by atoms with Crippen molar-refractivity contribution < 1.29 is 9.53 Å². The molecule has 0 aliphatic carbocycles. The monoisotopic (exact) mass is 402 g/mol. The maximum Gasteiger partial charge on any atom is 0.261 e. The van der Waals surface area contributed by atoms with Gasteiger partial charge in [-0.3, -0.25) is 9.78 Å². The van der Waals surface area contributed by atoms with Crippen LogP contribution in [0.4, 0.5) is 11.5 Å². The number of ether oxygens (including phenoxy) is 1. The molecule has 0 fully saturated rings. The number of rotatable bonds is 5. The second-order valence-electron chi connectivity index (χ2n) is 5.77.